The van der Waals surface area contributed by atoms with Crippen molar-refractivity contribution >= 4 is 29.3 Å². The number of Topliss-reactive ketones (excluding diaryl/α,β-unsaturated/α-hetero) is 1. The van der Waals surface area contributed by atoms with E-state index in [2.05, 4.69) is 10.6 Å². The molecule has 9 nitrogen and oxygen atoms in total. The molecule has 2 aromatic carbocycles. The van der Waals surface area contributed by atoms with Crippen LogP contribution in [0.25, 0.3) is 0 Å². The van der Waals surface area contributed by atoms with Gasteiger partial charge in [0.05, 0.1) is 0 Å². The van der Waals surface area contributed by atoms with Crippen LogP contribution in [0, 0.1) is 0 Å². The van der Waals surface area contributed by atoms with Crippen molar-refractivity contribution in [1.29, 1.82) is 0 Å². The number of ether oxygens (including phenoxy) is 2. The molecule has 160 valence electrons. The third kappa shape index (κ3) is 3.81. The summed E-state index contributed by atoms with van der Waals surface area (Å²) in [5, 5.41) is 5.29. The molecule has 2 aromatic rings. The number of urea groups is 1. The Hall–Kier alpha value is -3.88. The molecule has 0 saturated carbocycles. The van der Waals surface area contributed by atoms with Gasteiger partial charge in [0.15, 0.2) is 17.3 Å². The molecule has 1 fully saturated rings. The Balaban J connectivity index is 1.47. The average Bonchev–Trinajstić information content (AvgIpc) is 2.97. The Kier molecular flexibility index (Phi) is 5.10. The van der Waals surface area contributed by atoms with Crippen LogP contribution in [-0.4, -0.2) is 48.3 Å². The van der Waals surface area contributed by atoms with Gasteiger partial charge < -0.3 is 20.1 Å². The first kappa shape index (κ1) is 20.4. The number of carbonyl (C=O) groups excluding carboxylic acids is 4. The van der Waals surface area contributed by atoms with Crippen LogP contribution in [-0.2, 0) is 15.1 Å². The van der Waals surface area contributed by atoms with Crippen LogP contribution in [0.1, 0.15) is 29.8 Å². The first-order valence-electron chi connectivity index (χ1n) is 9.73. The lowest BCUT2D eigenvalue weighted by Gasteiger charge is -2.25. The van der Waals surface area contributed by atoms with Gasteiger partial charge in [-0.3, -0.25) is 19.3 Å². The molecule has 0 unspecified atom stereocenters. The quantitative estimate of drug-likeness (QED) is 0.562. The fourth-order valence-corrected chi connectivity index (χ4v) is 3.52. The Morgan fingerprint density at radius 1 is 1.06 bits per heavy atom. The summed E-state index contributed by atoms with van der Waals surface area (Å²) in [5.41, 5.74) is 0.160. The van der Waals surface area contributed by atoms with Crippen molar-refractivity contribution in [3.05, 3.63) is 53.6 Å². The lowest BCUT2D eigenvalue weighted by molar-refractivity contribution is -0.133. The zero-order chi connectivity index (χ0) is 22.2. The maximum absolute atomic E-state index is 13.1. The molecule has 0 aliphatic carbocycles. The van der Waals surface area contributed by atoms with Crippen molar-refractivity contribution in [1.82, 2.24) is 10.2 Å². The number of benzene rings is 2. The maximum atomic E-state index is 13.1. The minimum Gasteiger partial charge on any atom is -0.486 e. The molecule has 1 atom stereocenters. The molecule has 2 N–H and O–H groups in total. The van der Waals surface area contributed by atoms with Crippen LogP contribution in [0.3, 0.4) is 0 Å². The number of nitrogens with one attached hydrogen (secondary N) is 2. The fraction of sp³-hybridized carbons (Fsp3) is 0.273. The molecule has 0 aromatic heterocycles. The Morgan fingerprint density at radius 3 is 2.42 bits per heavy atom. The van der Waals surface area contributed by atoms with E-state index in [1.165, 1.54) is 6.92 Å². The number of hydrogen-bond donors (Lipinski definition) is 2. The highest BCUT2D eigenvalue weighted by Crippen LogP contribution is 2.36. The predicted molar refractivity (Wildman–Crippen MR) is 110 cm³/mol. The van der Waals surface area contributed by atoms with Gasteiger partial charge in [0.25, 0.3) is 5.91 Å². The summed E-state index contributed by atoms with van der Waals surface area (Å²) in [4.78, 5) is 50.2. The maximum Gasteiger partial charge on any atom is 0.325 e. The van der Waals surface area contributed by atoms with Gasteiger partial charge in [-0.25, -0.2) is 4.79 Å². The topological polar surface area (TPSA) is 114 Å². The molecule has 4 amide bonds. The summed E-state index contributed by atoms with van der Waals surface area (Å²) >= 11 is 0. The number of amides is 4. The second-order valence-electron chi connectivity index (χ2n) is 7.49. The number of carbonyl (C=O) groups is 4. The summed E-state index contributed by atoms with van der Waals surface area (Å²) in [6, 6.07) is 10.7. The number of hydrogen-bond acceptors (Lipinski definition) is 6. The Labute approximate surface area is 178 Å². The van der Waals surface area contributed by atoms with Gasteiger partial charge in [0, 0.05) is 11.3 Å². The summed E-state index contributed by atoms with van der Waals surface area (Å²) in [6.45, 7) is 3.42. The van der Waals surface area contributed by atoms with Crippen LogP contribution in [0.15, 0.2) is 42.5 Å². The van der Waals surface area contributed by atoms with Gasteiger partial charge in [0.2, 0.25) is 5.91 Å². The van der Waals surface area contributed by atoms with Crippen LogP contribution in [0.2, 0.25) is 0 Å². The molecule has 0 spiro atoms. The lowest BCUT2D eigenvalue weighted by Crippen LogP contribution is -2.42. The van der Waals surface area contributed by atoms with Gasteiger partial charge >= 0.3 is 6.03 Å². The van der Waals surface area contributed by atoms with Crippen molar-refractivity contribution in [2.75, 3.05) is 25.1 Å². The fourth-order valence-electron chi connectivity index (χ4n) is 3.52. The number of nitrogens with zero attached hydrogens (tertiary/aromatic N) is 1. The van der Waals surface area contributed by atoms with E-state index < -0.39 is 29.9 Å². The van der Waals surface area contributed by atoms with Crippen LogP contribution in [0.4, 0.5) is 10.5 Å². The zero-order valence-corrected chi connectivity index (χ0v) is 17.1. The predicted octanol–water partition coefficient (Wildman–Crippen LogP) is 2.07. The van der Waals surface area contributed by atoms with Crippen molar-refractivity contribution < 1.29 is 28.7 Å². The number of rotatable bonds is 5. The van der Waals surface area contributed by atoms with Crippen molar-refractivity contribution in [3.8, 4) is 11.5 Å². The highest BCUT2D eigenvalue weighted by molar-refractivity contribution is 6.10. The minimum absolute atomic E-state index is 0.0874. The molecule has 2 heterocycles. The first-order valence-corrected chi connectivity index (χ1v) is 9.73. The zero-order valence-electron chi connectivity index (χ0n) is 17.1. The molecule has 1 saturated heterocycles. The van der Waals surface area contributed by atoms with Crippen molar-refractivity contribution in [2.45, 2.75) is 19.4 Å². The molecular weight excluding hydrogens is 402 g/mol. The average molecular weight is 423 g/mol. The van der Waals surface area contributed by atoms with Gasteiger partial charge in [-0.15, -0.1) is 0 Å². The van der Waals surface area contributed by atoms with Crippen molar-refractivity contribution in [2.24, 2.45) is 0 Å². The molecule has 0 radical (unpaired) electrons. The summed E-state index contributed by atoms with van der Waals surface area (Å²) < 4.78 is 11.1. The number of anilines is 1. The number of fused-ring (bicyclic) bond motifs is 1. The Bertz CT molecular complexity index is 1080. The van der Waals surface area contributed by atoms with E-state index in [4.69, 9.17) is 9.47 Å². The van der Waals surface area contributed by atoms with Crippen LogP contribution in [0.5, 0.6) is 11.5 Å². The van der Waals surface area contributed by atoms with E-state index in [1.807, 2.05) is 0 Å². The molecule has 2 aliphatic rings. The van der Waals surface area contributed by atoms with Crippen LogP contribution >= 0.6 is 0 Å². The third-order valence-corrected chi connectivity index (χ3v) is 5.27. The highest BCUT2D eigenvalue weighted by atomic mass is 16.6. The minimum atomic E-state index is -1.34. The third-order valence-electron chi connectivity index (χ3n) is 5.27. The standard InChI is InChI=1S/C22H21N3O6/c1-13(26)14-3-6-16(7-4-14)23-19(27)12-25-20(28)22(2,24-21(25)29)15-5-8-17-18(11-15)31-10-9-30-17/h3-8,11H,9-10,12H2,1-2H3,(H,23,27)(H,24,29)/t22-/m0/s1. The van der Waals surface area contributed by atoms with Gasteiger partial charge in [-0.05, 0) is 55.8 Å². The lowest BCUT2D eigenvalue weighted by atomic mass is 9.91. The van der Waals surface area contributed by atoms with Gasteiger partial charge in [-0.2, -0.15) is 0 Å². The van der Waals surface area contributed by atoms with E-state index in [0.717, 1.165) is 4.90 Å². The number of imide groups is 1. The van der Waals surface area contributed by atoms with E-state index >= 15 is 0 Å². The second kappa shape index (κ2) is 7.75. The second-order valence-corrected chi connectivity index (χ2v) is 7.49. The summed E-state index contributed by atoms with van der Waals surface area (Å²) in [5.74, 6) is -0.1000. The molecule has 4 rings (SSSR count). The molecule has 31 heavy (non-hydrogen) atoms. The highest BCUT2D eigenvalue weighted by Gasteiger charge is 2.49. The summed E-state index contributed by atoms with van der Waals surface area (Å²) in [7, 11) is 0. The normalized spacial score (nSPS) is 19.7. The monoisotopic (exact) mass is 423 g/mol. The van der Waals surface area contributed by atoms with Crippen molar-refractivity contribution in [3.63, 3.8) is 0 Å². The molecule has 9 heteroatoms. The smallest absolute Gasteiger partial charge is 0.325 e. The number of ketones is 1. The molecule has 0 bridgehead atoms. The van der Waals surface area contributed by atoms with Gasteiger partial charge in [0.1, 0.15) is 25.3 Å². The van der Waals surface area contributed by atoms with Gasteiger partial charge in [-0.1, -0.05) is 6.07 Å². The molecular formula is C22H21N3O6. The van der Waals surface area contributed by atoms with Crippen LogP contribution < -0.4 is 20.1 Å². The first-order chi connectivity index (χ1) is 14.8. The van der Waals surface area contributed by atoms with E-state index in [0.29, 0.717) is 41.5 Å². The largest absolute Gasteiger partial charge is 0.486 e. The Morgan fingerprint density at radius 2 is 1.74 bits per heavy atom. The van der Waals surface area contributed by atoms with E-state index in [1.54, 1.807) is 49.4 Å². The summed E-state index contributed by atoms with van der Waals surface area (Å²) in [6.07, 6.45) is 0. The molecule has 2 aliphatic heterocycles. The SMILES string of the molecule is CC(=O)c1ccc(NC(=O)CN2C(=O)N[C@@](C)(c3ccc4c(c3)OCCO4)C2=O)cc1. The van der Waals surface area contributed by atoms with E-state index in [9.17, 15) is 19.2 Å². The van der Waals surface area contributed by atoms with E-state index in [-0.39, 0.29) is 5.78 Å².